The minimum absolute atomic E-state index is 0.732. The van der Waals surface area contributed by atoms with Gasteiger partial charge in [0.05, 0.1) is 43.4 Å². The highest BCUT2D eigenvalue weighted by molar-refractivity contribution is 7.25. The molecule has 0 aliphatic carbocycles. The van der Waals surface area contributed by atoms with Gasteiger partial charge in [-0.25, -0.2) is 0 Å². The first-order valence-corrected chi connectivity index (χ1v) is 22.5. The first-order valence-electron chi connectivity index (χ1n) is 21.7. The second kappa shape index (κ2) is 15.0. The Hall–Kier alpha value is -8.59. The molecule has 0 atom stereocenters. The molecule has 8 heteroatoms. The highest BCUT2D eigenvalue weighted by Crippen LogP contribution is 2.44. The Morgan fingerprint density at radius 1 is 0.338 bits per heavy atom. The number of benzene rings is 8. The molecule has 8 aromatic carbocycles. The Labute approximate surface area is 377 Å². The third-order valence-corrected chi connectivity index (χ3v) is 13.5. The van der Waals surface area contributed by atoms with E-state index in [1.165, 1.54) is 27.1 Å². The van der Waals surface area contributed by atoms with Crippen molar-refractivity contribution in [3.8, 4) is 11.4 Å². The predicted molar refractivity (Wildman–Crippen MR) is 271 cm³/mol. The van der Waals surface area contributed by atoms with E-state index in [1.54, 1.807) is 11.3 Å². The Morgan fingerprint density at radius 3 is 1.37 bits per heavy atom. The van der Waals surface area contributed by atoms with Crippen molar-refractivity contribution in [2.75, 3.05) is 9.80 Å². The monoisotopic (exact) mass is 851 g/mol. The first-order chi connectivity index (χ1) is 32.2. The molecular formula is C57H37N7S. The van der Waals surface area contributed by atoms with Gasteiger partial charge in [0.2, 0.25) is 0 Å². The lowest BCUT2D eigenvalue weighted by molar-refractivity contribution is 1.04. The fourth-order valence-corrected chi connectivity index (χ4v) is 10.6. The summed E-state index contributed by atoms with van der Waals surface area (Å²) >= 11 is 1.69. The van der Waals surface area contributed by atoms with Gasteiger partial charge in [0, 0.05) is 61.7 Å². The molecule has 0 radical (unpaired) electrons. The van der Waals surface area contributed by atoms with Crippen LogP contribution >= 0.6 is 11.3 Å². The molecule has 306 valence electrons. The minimum atomic E-state index is 0.732. The SMILES string of the molecule is c1ccc(N(c2cnc3c(c2)sc2cc(N(c4ccccc4)c4ccc5c(c4)c4ccccc4n5-c4ccccc4)nnc23)c2ccc3c(c2)c2ccccc2n3-c2ccccc2)cc1. The average Bonchev–Trinajstić information content (AvgIpc) is 4.02. The summed E-state index contributed by atoms with van der Waals surface area (Å²) in [6.45, 7) is 0. The van der Waals surface area contributed by atoms with E-state index in [-0.39, 0.29) is 0 Å². The quantitative estimate of drug-likeness (QED) is 0.152. The van der Waals surface area contributed by atoms with E-state index in [1.807, 2.05) is 12.3 Å². The number of nitrogens with zero attached hydrogens (tertiary/aromatic N) is 7. The number of para-hydroxylation sites is 6. The number of hydrogen-bond donors (Lipinski definition) is 0. The molecule has 0 unspecified atom stereocenters. The molecule has 0 amide bonds. The van der Waals surface area contributed by atoms with Gasteiger partial charge in [-0.1, -0.05) is 109 Å². The Morgan fingerprint density at radius 2 is 0.800 bits per heavy atom. The number of aromatic nitrogens is 5. The van der Waals surface area contributed by atoms with Gasteiger partial charge in [0.25, 0.3) is 0 Å². The number of thiophene rings is 1. The lowest BCUT2D eigenvalue weighted by Crippen LogP contribution is -2.12. The molecule has 65 heavy (non-hydrogen) atoms. The first kappa shape index (κ1) is 37.0. The van der Waals surface area contributed by atoms with Crippen LogP contribution in [0.25, 0.3) is 75.4 Å². The van der Waals surface area contributed by atoms with Crippen molar-refractivity contribution >= 4 is 110 Å². The number of hydrogen-bond acceptors (Lipinski definition) is 6. The molecule has 0 fully saturated rings. The van der Waals surface area contributed by atoms with Crippen LogP contribution in [0.15, 0.2) is 225 Å². The molecular weight excluding hydrogens is 815 g/mol. The molecule has 13 aromatic rings. The van der Waals surface area contributed by atoms with Crippen LogP contribution < -0.4 is 9.80 Å². The third kappa shape index (κ3) is 6.07. The molecule has 0 saturated heterocycles. The highest BCUT2D eigenvalue weighted by Gasteiger charge is 2.22. The second-order valence-electron chi connectivity index (χ2n) is 16.2. The van der Waals surface area contributed by atoms with Crippen molar-refractivity contribution in [2.45, 2.75) is 0 Å². The van der Waals surface area contributed by atoms with Crippen LogP contribution in [0.4, 0.5) is 34.3 Å². The van der Waals surface area contributed by atoms with Crippen LogP contribution in [0.1, 0.15) is 0 Å². The van der Waals surface area contributed by atoms with Crippen molar-refractivity contribution in [1.82, 2.24) is 24.3 Å². The van der Waals surface area contributed by atoms with Crippen LogP contribution in [-0.4, -0.2) is 24.3 Å². The second-order valence-corrected chi connectivity index (χ2v) is 17.3. The molecule has 7 nitrogen and oxygen atoms in total. The molecule has 0 bridgehead atoms. The van der Waals surface area contributed by atoms with Gasteiger partial charge in [-0.05, 0) is 103 Å². The van der Waals surface area contributed by atoms with E-state index in [2.05, 4.69) is 231 Å². The number of fused-ring (bicyclic) bond motifs is 9. The summed E-state index contributed by atoms with van der Waals surface area (Å²) in [4.78, 5) is 9.62. The normalized spacial score (nSPS) is 11.7. The molecule has 0 aliphatic rings. The zero-order valence-electron chi connectivity index (χ0n) is 34.9. The molecule has 0 N–H and O–H groups in total. The van der Waals surface area contributed by atoms with Gasteiger partial charge in [0.15, 0.2) is 5.82 Å². The van der Waals surface area contributed by atoms with Gasteiger partial charge < -0.3 is 14.0 Å². The smallest absolute Gasteiger partial charge is 0.161 e. The summed E-state index contributed by atoms with van der Waals surface area (Å²) in [5.41, 5.74) is 13.6. The summed E-state index contributed by atoms with van der Waals surface area (Å²) in [6.07, 6.45) is 1.96. The van der Waals surface area contributed by atoms with E-state index in [0.717, 1.165) is 82.6 Å². The summed E-state index contributed by atoms with van der Waals surface area (Å²) < 4.78 is 6.74. The molecule has 5 aromatic heterocycles. The van der Waals surface area contributed by atoms with E-state index in [4.69, 9.17) is 15.2 Å². The fraction of sp³-hybridized carbons (Fsp3) is 0. The summed E-state index contributed by atoms with van der Waals surface area (Å²) in [5, 5.41) is 14.6. The maximum atomic E-state index is 5.12. The summed E-state index contributed by atoms with van der Waals surface area (Å²) in [6, 6.07) is 77.2. The molecule has 0 aliphatic heterocycles. The summed E-state index contributed by atoms with van der Waals surface area (Å²) in [7, 11) is 0. The average molecular weight is 852 g/mol. The van der Waals surface area contributed by atoms with Gasteiger partial charge in [-0.2, -0.15) is 0 Å². The van der Waals surface area contributed by atoms with Crippen LogP contribution in [0.5, 0.6) is 0 Å². The predicted octanol–water partition coefficient (Wildman–Crippen LogP) is 15.4. The topological polar surface area (TPSA) is 55.0 Å². The van der Waals surface area contributed by atoms with Crippen LogP contribution in [-0.2, 0) is 0 Å². The standard InChI is InChI=1S/C57H37N7S/c1-5-17-38(18-6-1)61(42-29-31-51-47(33-42)45-25-13-15-27-49(45)63(51)40-21-9-3-10-22-40)44-35-53-56(58-37-44)57-54(65-53)36-55(59-60-57)62(39-19-7-2-8-20-39)43-30-32-52-48(34-43)46-26-14-16-28-50(46)64(52)41-23-11-4-12-24-41/h1-37H. The zero-order valence-corrected chi connectivity index (χ0v) is 35.7. The lowest BCUT2D eigenvalue weighted by atomic mass is 10.1. The van der Waals surface area contributed by atoms with Crippen LogP contribution in [0.2, 0.25) is 0 Å². The largest absolute Gasteiger partial charge is 0.309 e. The molecule has 13 rings (SSSR count). The molecule has 0 spiro atoms. The zero-order chi connectivity index (χ0) is 42.8. The van der Waals surface area contributed by atoms with Crippen molar-refractivity contribution in [3.05, 3.63) is 225 Å². The maximum absolute atomic E-state index is 5.12. The number of anilines is 6. The molecule has 0 saturated carbocycles. The number of pyridine rings is 1. The van der Waals surface area contributed by atoms with Crippen molar-refractivity contribution in [3.63, 3.8) is 0 Å². The van der Waals surface area contributed by atoms with Gasteiger partial charge in [0.1, 0.15) is 11.0 Å². The van der Waals surface area contributed by atoms with Crippen LogP contribution in [0.3, 0.4) is 0 Å². The minimum Gasteiger partial charge on any atom is -0.309 e. The molecule has 5 heterocycles. The van der Waals surface area contributed by atoms with Crippen LogP contribution in [0, 0.1) is 0 Å². The van der Waals surface area contributed by atoms with Crippen molar-refractivity contribution < 1.29 is 0 Å². The Balaban J connectivity index is 0.936. The van der Waals surface area contributed by atoms with Crippen molar-refractivity contribution in [1.29, 1.82) is 0 Å². The maximum Gasteiger partial charge on any atom is 0.161 e. The van der Waals surface area contributed by atoms with Gasteiger partial charge in [-0.3, -0.25) is 9.88 Å². The Kier molecular flexibility index (Phi) is 8.57. The fourth-order valence-electron chi connectivity index (χ4n) is 9.57. The lowest BCUT2D eigenvalue weighted by Gasteiger charge is -2.25. The van der Waals surface area contributed by atoms with Gasteiger partial charge >= 0.3 is 0 Å². The summed E-state index contributed by atoms with van der Waals surface area (Å²) in [5.74, 6) is 0.732. The third-order valence-electron chi connectivity index (χ3n) is 12.4. The van der Waals surface area contributed by atoms with Gasteiger partial charge in [-0.15, -0.1) is 21.5 Å². The van der Waals surface area contributed by atoms with Crippen molar-refractivity contribution in [2.24, 2.45) is 0 Å². The Bertz CT molecular complexity index is 3640. The van der Waals surface area contributed by atoms with E-state index in [0.29, 0.717) is 0 Å². The van der Waals surface area contributed by atoms with E-state index < -0.39 is 0 Å². The highest BCUT2D eigenvalue weighted by atomic mass is 32.1. The van der Waals surface area contributed by atoms with E-state index >= 15 is 0 Å². The number of rotatable bonds is 8. The van der Waals surface area contributed by atoms with E-state index in [9.17, 15) is 0 Å².